The van der Waals surface area contributed by atoms with Gasteiger partial charge in [-0.2, -0.15) is 0 Å². The normalized spacial score (nSPS) is 20.5. The van der Waals surface area contributed by atoms with Gasteiger partial charge in [0.05, 0.1) is 12.0 Å². The SMILES string of the molecule is O=C1/C(=C/c2cc(I)c(O)c(I)c2)SC(=Nc2ccccc2F)N1C1CCCCC1. The number of amides is 1. The van der Waals surface area contributed by atoms with E-state index < -0.39 is 5.82 Å². The van der Waals surface area contributed by atoms with Crippen LogP contribution in [0.4, 0.5) is 10.1 Å². The summed E-state index contributed by atoms with van der Waals surface area (Å²) < 4.78 is 15.7. The number of carbonyl (C=O) groups excluding carboxylic acids is 1. The number of aromatic hydroxyl groups is 1. The molecule has 1 N–H and O–H groups in total. The number of amidine groups is 1. The predicted molar refractivity (Wildman–Crippen MR) is 136 cm³/mol. The van der Waals surface area contributed by atoms with Gasteiger partial charge in [-0.25, -0.2) is 9.38 Å². The minimum Gasteiger partial charge on any atom is -0.506 e. The molecule has 1 heterocycles. The lowest BCUT2D eigenvalue weighted by molar-refractivity contribution is -0.124. The van der Waals surface area contributed by atoms with Crippen molar-refractivity contribution in [2.75, 3.05) is 0 Å². The second kappa shape index (κ2) is 9.56. The molecule has 4 nitrogen and oxygen atoms in total. The van der Waals surface area contributed by atoms with Crippen molar-refractivity contribution in [3.05, 3.63) is 59.8 Å². The number of thioether (sulfide) groups is 1. The van der Waals surface area contributed by atoms with Crippen molar-refractivity contribution in [2.24, 2.45) is 4.99 Å². The van der Waals surface area contributed by atoms with Crippen LogP contribution in [0.3, 0.4) is 0 Å². The van der Waals surface area contributed by atoms with E-state index in [-0.39, 0.29) is 23.4 Å². The lowest BCUT2D eigenvalue weighted by Crippen LogP contribution is -2.40. The molecule has 0 aromatic heterocycles. The van der Waals surface area contributed by atoms with Gasteiger partial charge in [0, 0.05) is 6.04 Å². The van der Waals surface area contributed by atoms with Crippen molar-refractivity contribution < 1.29 is 14.3 Å². The Labute approximate surface area is 206 Å². The Balaban J connectivity index is 1.74. The minimum atomic E-state index is -0.401. The Bertz CT molecular complexity index is 1030. The number of para-hydroxylation sites is 1. The standard InChI is InChI=1S/C22H19FI2N2O2S/c23-15-8-4-5-9-18(15)26-22-27(14-6-2-1-3-7-14)21(29)19(30-22)12-13-10-16(24)20(28)17(25)11-13/h4-5,8-12,14,28H,1-3,6-7H2/b19-12-,26-22?. The molecule has 1 aliphatic carbocycles. The maximum atomic E-state index is 14.2. The highest BCUT2D eigenvalue weighted by Gasteiger charge is 2.38. The summed E-state index contributed by atoms with van der Waals surface area (Å²) in [4.78, 5) is 20.2. The summed E-state index contributed by atoms with van der Waals surface area (Å²) in [7, 11) is 0. The van der Waals surface area contributed by atoms with Crippen molar-refractivity contribution in [1.29, 1.82) is 0 Å². The maximum absolute atomic E-state index is 14.2. The zero-order valence-electron chi connectivity index (χ0n) is 15.9. The molecule has 2 aromatic rings. The Morgan fingerprint density at radius 3 is 2.47 bits per heavy atom. The minimum absolute atomic E-state index is 0.0833. The van der Waals surface area contributed by atoms with Crippen LogP contribution >= 0.6 is 56.9 Å². The molecule has 2 fully saturated rings. The molecular formula is C22H19FI2N2O2S. The highest BCUT2D eigenvalue weighted by atomic mass is 127. The first-order valence-electron chi connectivity index (χ1n) is 9.68. The Morgan fingerprint density at radius 2 is 1.80 bits per heavy atom. The Morgan fingerprint density at radius 1 is 1.13 bits per heavy atom. The molecule has 0 atom stereocenters. The van der Waals surface area contributed by atoms with Crippen molar-refractivity contribution in [3.63, 3.8) is 0 Å². The van der Waals surface area contributed by atoms with Crippen LogP contribution in [-0.4, -0.2) is 27.1 Å². The summed E-state index contributed by atoms with van der Waals surface area (Å²) in [6, 6.07) is 10.2. The summed E-state index contributed by atoms with van der Waals surface area (Å²) in [6.45, 7) is 0. The van der Waals surface area contributed by atoms with Crippen molar-refractivity contribution >= 4 is 79.8 Å². The van der Waals surface area contributed by atoms with Crippen LogP contribution in [0.15, 0.2) is 46.3 Å². The summed E-state index contributed by atoms with van der Waals surface area (Å²) >= 11 is 5.44. The van der Waals surface area contributed by atoms with Crippen LogP contribution in [0.2, 0.25) is 0 Å². The van der Waals surface area contributed by atoms with Crippen LogP contribution in [0.1, 0.15) is 37.7 Å². The number of hydrogen-bond donors (Lipinski definition) is 1. The fourth-order valence-corrected chi connectivity index (χ4v) is 6.56. The van der Waals surface area contributed by atoms with Gasteiger partial charge in [0.1, 0.15) is 17.3 Å². The van der Waals surface area contributed by atoms with E-state index in [0.717, 1.165) is 38.4 Å². The molecule has 0 radical (unpaired) electrons. The molecule has 0 unspecified atom stereocenters. The van der Waals surface area contributed by atoms with Gasteiger partial charge in [-0.05, 0) is 106 Å². The quantitative estimate of drug-likeness (QED) is 0.299. The molecule has 1 saturated carbocycles. The third-order valence-electron chi connectivity index (χ3n) is 5.18. The van der Waals surface area contributed by atoms with Crippen molar-refractivity contribution in [1.82, 2.24) is 4.90 Å². The van der Waals surface area contributed by atoms with Crippen LogP contribution in [0.5, 0.6) is 5.75 Å². The van der Waals surface area contributed by atoms with Crippen LogP contribution in [0, 0.1) is 13.0 Å². The van der Waals surface area contributed by atoms with Gasteiger partial charge in [-0.3, -0.25) is 9.69 Å². The van der Waals surface area contributed by atoms with Gasteiger partial charge >= 0.3 is 0 Å². The molecule has 0 bridgehead atoms. The fourth-order valence-electron chi connectivity index (χ4n) is 3.69. The molecule has 156 valence electrons. The Kier molecular flexibility index (Phi) is 7.03. The summed E-state index contributed by atoms with van der Waals surface area (Å²) in [5.74, 6) is -0.240. The van der Waals surface area contributed by atoms with Gasteiger partial charge in [0.2, 0.25) is 0 Å². The number of benzene rings is 2. The number of aliphatic imine (C=N–C) groups is 1. The second-order valence-electron chi connectivity index (χ2n) is 7.26. The number of rotatable bonds is 3. The van der Waals surface area contributed by atoms with E-state index in [0.29, 0.717) is 10.1 Å². The number of nitrogens with zero attached hydrogens (tertiary/aromatic N) is 2. The molecular weight excluding hydrogens is 629 g/mol. The molecule has 4 rings (SSSR count). The largest absolute Gasteiger partial charge is 0.506 e. The van der Waals surface area contributed by atoms with E-state index in [1.54, 1.807) is 23.1 Å². The predicted octanol–water partition coefficient (Wildman–Crippen LogP) is 6.68. The Hall–Kier alpha value is -1.14. The number of carbonyl (C=O) groups is 1. The third-order valence-corrected chi connectivity index (χ3v) is 7.81. The second-order valence-corrected chi connectivity index (χ2v) is 10.6. The zero-order chi connectivity index (χ0) is 21.3. The highest BCUT2D eigenvalue weighted by molar-refractivity contribution is 14.1. The highest BCUT2D eigenvalue weighted by Crippen LogP contribution is 2.39. The van der Waals surface area contributed by atoms with E-state index >= 15 is 0 Å². The lowest BCUT2D eigenvalue weighted by atomic mass is 9.94. The summed E-state index contributed by atoms with van der Waals surface area (Å²) in [5, 5.41) is 10.6. The molecule has 2 aliphatic rings. The average Bonchev–Trinajstić information content (AvgIpc) is 3.03. The monoisotopic (exact) mass is 648 g/mol. The van der Waals surface area contributed by atoms with Crippen molar-refractivity contribution in [2.45, 2.75) is 38.1 Å². The molecule has 0 spiro atoms. The molecule has 1 saturated heterocycles. The number of phenols is 1. The van der Waals surface area contributed by atoms with Gasteiger partial charge in [-0.15, -0.1) is 0 Å². The molecule has 1 amide bonds. The summed E-state index contributed by atoms with van der Waals surface area (Å²) in [5.41, 5.74) is 1.08. The molecule has 1 aliphatic heterocycles. The zero-order valence-corrected chi connectivity index (χ0v) is 21.1. The summed E-state index contributed by atoms with van der Waals surface area (Å²) in [6.07, 6.45) is 7.05. The maximum Gasteiger partial charge on any atom is 0.267 e. The first-order chi connectivity index (χ1) is 14.4. The number of phenolic OH excluding ortho intramolecular Hbond substituents is 1. The smallest absolute Gasteiger partial charge is 0.267 e. The van der Waals surface area contributed by atoms with E-state index in [4.69, 9.17) is 0 Å². The van der Waals surface area contributed by atoms with Crippen molar-refractivity contribution in [3.8, 4) is 5.75 Å². The third kappa shape index (κ3) is 4.69. The molecule has 2 aromatic carbocycles. The van der Waals surface area contributed by atoms with Crippen LogP contribution in [-0.2, 0) is 4.79 Å². The van der Waals surface area contributed by atoms with E-state index in [1.165, 1.54) is 24.2 Å². The number of halogens is 3. The van der Waals surface area contributed by atoms with Crippen LogP contribution < -0.4 is 0 Å². The average molecular weight is 648 g/mol. The van der Waals surface area contributed by atoms with Gasteiger partial charge in [-0.1, -0.05) is 31.4 Å². The van der Waals surface area contributed by atoms with Gasteiger partial charge in [0.25, 0.3) is 5.91 Å². The first kappa shape index (κ1) is 22.1. The fraction of sp³-hybridized carbons (Fsp3) is 0.273. The van der Waals surface area contributed by atoms with Gasteiger partial charge in [0.15, 0.2) is 5.17 Å². The first-order valence-corrected chi connectivity index (χ1v) is 12.7. The van der Waals surface area contributed by atoms with Gasteiger partial charge < -0.3 is 5.11 Å². The lowest BCUT2D eigenvalue weighted by Gasteiger charge is -2.30. The van der Waals surface area contributed by atoms with E-state index in [2.05, 4.69) is 50.2 Å². The molecule has 8 heteroatoms. The van der Waals surface area contributed by atoms with E-state index in [1.807, 2.05) is 18.2 Å². The number of hydrogen-bond acceptors (Lipinski definition) is 4. The topological polar surface area (TPSA) is 52.9 Å². The molecule has 30 heavy (non-hydrogen) atoms. The van der Waals surface area contributed by atoms with E-state index in [9.17, 15) is 14.3 Å². The van der Waals surface area contributed by atoms with Crippen LogP contribution in [0.25, 0.3) is 6.08 Å².